The number of nitrogens with zero attached hydrogens (tertiary/aromatic N) is 2. The number of aromatic nitrogens is 2. The fourth-order valence-corrected chi connectivity index (χ4v) is 3.65. The summed E-state index contributed by atoms with van der Waals surface area (Å²) in [5.41, 5.74) is 4.28. The molecule has 1 aliphatic rings. The molecule has 1 atom stereocenters. The van der Waals surface area contributed by atoms with Crippen LogP contribution in [0.5, 0.6) is 0 Å². The van der Waals surface area contributed by atoms with Gasteiger partial charge in [-0.1, -0.05) is 44.0 Å². The standard InChI is InChI=1S/C18H13Br2N3O/c1-10-15-16(22-21-10)18(24)23(14-8-6-13(20)7-9-14)17(15)11-2-4-12(19)5-3-11/h2-9,17H,1H3,(H,21,22). The van der Waals surface area contributed by atoms with E-state index in [0.29, 0.717) is 5.69 Å². The van der Waals surface area contributed by atoms with Crippen LogP contribution in [0.2, 0.25) is 0 Å². The predicted molar refractivity (Wildman–Crippen MR) is 100 cm³/mol. The summed E-state index contributed by atoms with van der Waals surface area (Å²) >= 11 is 6.91. The molecule has 4 rings (SSSR count). The molecule has 0 saturated carbocycles. The minimum Gasteiger partial charge on any atom is -0.295 e. The van der Waals surface area contributed by atoms with Crippen LogP contribution in [0.25, 0.3) is 0 Å². The third kappa shape index (κ3) is 2.41. The van der Waals surface area contributed by atoms with Gasteiger partial charge in [0.1, 0.15) is 0 Å². The van der Waals surface area contributed by atoms with Crippen LogP contribution >= 0.6 is 31.9 Å². The smallest absolute Gasteiger partial charge is 0.279 e. The molecule has 1 aromatic heterocycles. The zero-order valence-electron chi connectivity index (χ0n) is 12.8. The van der Waals surface area contributed by atoms with Gasteiger partial charge in [0.25, 0.3) is 5.91 Å². The summed E-state index contributed by atoms with van der Waals surface area (Å²) in [7, 11) is 0. The normalized spacial score (nSPS) is 16.5. The maximum Gasteiger partial charge on any atom is 0.279 e. The number of fused-ring (bicyclic) bond motifs is 1. The Morgan fingerprint density at radius 1 is 1.00 bits per heavy atom. The quantitative estimate of drug-likeness (QED) is 0.602. The Morgan fingerprint density at radius 2 is 1.58 bits per heavy atom. The van der Waals surface area contributed by atoms with E-state index in [-0.39, 0.29) is 11.9 Å². The van der Waals surface area contributed by atoms with Crippen molar-refractivity contribution in [3.8, 4) is 0 Å². The SMILES string of the molecule is Cc1[nH]nc2c1C(c1ccc(Br)cc1)N(c1ccc(Br)cc1)C2=O. The van der Waals surface area contributed by atoms with Crippen LogP contribution in [-0.4, -0.2) is 16.1 Å². The lowest BCUT2D eigenvalue weighted by Gasteiger charge is -2.26. The van der Waals surface area contributed by atoms with E-state index in [9.17, 15) is 4.79 Å². The maximum atomic E-state index is 13.0. The molecule has 1 aliphatic heterocycles. The summed E-state index contributed by atoms with van der Waals surface area (Å²) in [5.74, 6) is -0.0791. The minimum atomic E-state index is -0.180. The number of benzene rings is 2. The molecule has 1 amide bonds. The van der Waals surface area contributed by atoms with Gasteiger partial charge < -0.3 is 0 Å². The van der Waals surface area contributed by atoms with Crippen LogP contribution in [0.3, 0.4) is 0 Å². The van der Waals surface area contributed by atoms with E-state index in [1.54, 1.807) is 0 Å². The van der Waals surface area contributed by atoms with Crippen molar-refractivity contribution in [3.63, 3.8) is 0 Å². The van der Waals surface area contributed by atoms with Crippen LogP contribution in [0.4, 0.5) is 5.69 Å². The highest BCUT2D eigenvalue weighted by atomic mass is 79.9. The molecule has 0 bridgehead atoms. The number of amides is 1. The van der Waals surface area contributed by atoms with Crippen molar-refractivity contribution in [2.75, 3.05) is 4.90 Å². The van der Waals surface area contributed by atoms with Gasteiger partial charge in [-0.3, -0.25) is 14.8 Å². The molecule has 1 N–H and O–H groups in total. The summed E-state index contributed by atoms with van der Waals surface area (Å²) in [5, 5.41) is 7.18. The highest BCUT2D eigenvalue weighted by Crippen LogP contribution is 2.42. The molecule has 1 unspecified atom stereocenters. The van der Waals surface area contributed by atoms with Gasteiger partial charge in [0.15, 0.2) is 5.69 Å². The van der Waals surface area contributed by atoms with Gasteiger partial charge in [0.2, 0.25) is 0 Å². The average Bonchev–Trinajstić information content (AvgIpc) is 3.09. The molecule has 0 aliphatic carbocycles. The van der Waals surface area contributed by atoms with Gasteiger partial charge in [-0.05, 0) is 48.9 Å². The van der Waals surface area contributed by atoms with Crippen molar-refractivity contribution < 1.29 is 4.79 Å². The lowest BCUT2D eigenvalue weighted by Crippen LogP contribution is -2.29. The number of hydrogen-bond donors (Lipinski definition) is 1. The van der Waals surface area contributed by atoms with E-state index in [0.717, 1.165) is 31.5 Å². The number of nitrogens with one attached hydrogen (secondary N) is 1. The monoisotopic (exact) mass is 445 g/mol. The van der Waals surface area contributed by atoms with E-state index in [2.05, 4.69) is 42.1 Å². The third-order valence-electron chi connectivity index (χ3n) is 4.24. The van der Waals surface area contributed by atoms with Gasteiger partial charge >= 0.3 is 0 Å². The average molecular weight is 447 g/mol. The van der Waals surface area contributed by atoms with Gasteiger partial charge in [0.05, 0.1) is 6.04 Å². The van der Waals surface area contributed by atoms with Crippen molar-refractivity contribution in [1.29, 1.82) is 0 Å². The Balaban J connectivity index is 1.89. The summed E-state index contributed by atoms with van der Waals surface area (Å²) in [6.07, 6.45) is 0. The van der Waals surface area contributed by atoms with Crippen LogP contribution in [0.1, 0.15) is 33.4 Å². The molecule has 3 aromatic rings. The van der Waals surface area contributed by atoms with Crippen molar-refractivity contribution in [2.24, 2.45) is 0 Å². The topological polar surface area (TPSA) is 49.0 Å². The van der Waals surface area contributed by atoms with Crippen molar-refractivity contribution in [1.82, 2.24) is 10.2 Å². The van der Waals surface area contributed by atoms with Crippen LogP contribution in [0, 0.1) is 6.92 Å². The molecule has 6 heteroatoms. The van der Waals surface area contributed by atoms with E-state index in [1.807, 2.05) is 60.4 Å². The van der Waals surface area contributed by atoms with Crippen molar-refractivity contribution in [2.45, 2.75) is 13.0 Å². The molecule has 24 heavy (non-hydrogen) atoms. The first-order chi connectivity index (χ1) is 11.6. The Kier molecular flexibility index (Phi) is 3.81. The molecule has 2 aromatic carbocycles. The Morgan fingerprint density at radius 3 is 2.21 bits per heavy atom. The summed E-state index contributed by atoms with van der Waals surface area (Å²) in [6, 6.07) is 15.6. The molecular weight excluding hydrogens is 434 g/mol. The highest BCUT2D eigenvalue weighted by Gasteiger charge is 2.42. The zero-order chi connectivity index (χ0) is 16.8. The summed E-state index contributed by atoms with van der Waals surface area (Å²) < 4.78 is 1.99. The fourth-order valence-electron chi connectivity index (χ4n) is 3.12. The second kappa shape index (κ2) is 5.86. The molecule has 0 saturated heterocycles. The van der Waals surface area contributed by atoms with Crippen LogP contribution in [0.15, 0.2) is 57.5 Å². The van der Waals surface area contributed by atoms with Crippen LogP contribution in [-0.2, 0) is 0 Å². The first kappa shape index (κ1) is 15.6. The van der Waals surface area contributed by atoms with Crippen molar-refractivity contribution >= 4 is 43.5 Å². The van der Waals surface area contributed by atoms with E-state index < -0.39 is 0 Å². The predicted octanol–water partition coefficient (Wildman–Crippen LogP) is 4.99. The number of hydrogen-bond acceptors (Lipinski definition) is 2. The van der Waals surface area contributed by atoms with E-state index >= 15 is 0 Å². The number of carbonyl (C=O) groups excluding carboxylic acids is 1. The van der Waals surface area contributed by atoms with Crippen LogP contribution < -0.4 is 4.90 Å². The summed E-state index contributed by atoms with van der Waals surface area (Å²) in [4.78, 5) is 14.8. The molecule has 4 nitrogen and oxygen atoms in total. The van der Waals surface area contributed by atoms with Gasteiger partial charge in [-0.25, -0.2) is 0 Å². The minimum absolute atomic E-state index is 0.0791. The molecule has 0 fully saturated rings. The maximum absolute atomic E-state index is 13.0. The number of halogens is 2. The molecular formula is C18H13Br2N3O. The van der Waals surface area contributed by atoms with Gasteiger partial charge in [-0.15, -0.1) is 0 Å². The van der Waals surface area contributed by atoms with Gasteiger partial charge in [-0.2, -0.15) is 5.10 Å². The summed E-state index contributed by atoms with van der Waals surface area (Å²) in [6.45, 7) is 1.95. The fraction of sp³-hybridized carbons (Fsp3) is 0.111. The Labute approximate surface area is 156 Å². The number of carbonyl (C=O) groups is 1. The van der Waals surface area contributed by atoms with Crippen molar-refractivity contribution in [3.05, 3.63) is 80.0 Å². The molecule has 120 valence electrons. The highest BCUT2D eigenvalue weighted by molar-refractivity contribution is 9.10. The third-order valence-corrected chi connectivity index (χ3v) is 5.30. The first-order valence-electron chi connectivity index (χ1n) is 7.45. The van der Waals surface area contributed by atoms with Gasteiger partial charge in [0, 0.05) is 25.9 Å². The number of aryl methyl sites for hydroxylation is 1. The number of rotatable bonds is 2. The molecule has 2 heterocycles. The largest absolute Gasteiger partial charge is 0.295 e. The number of H-pyrrole nitrogens is 1. The number of aromatic amines is 1. The lowest BCUT2D eigenvalue weighted by molar-refractivity contribution is 0.0989. The Hall–Kier alpha value is -1.92. The molecule has 0 spiro atoms. The Bertz CT molecular complexity index is 916. The molecule has 0 radical (unpaired) electrons. The number of anilines is 1. The first-order valence-corrected chi connectivity index (χ1v) is 9.04. The second-order valence-electron chi connectivity index (χ2n) is 5.72. The zero-order valence-corrected chi connectivity index (χ0v) is 15.9. The lowest BCUT2D eigenvalue weighted by atomic mass is 9.99. The second-order valence-corrected chi connectivity index (χ2v) is 7.55. The van der Waals surface area contributed by atoms with E-state index in [1.165, 1.54) is 0 Å². The van der Waals surface area contributed by atoms with E-state index in [4.69, 9.17) is 0 Å².